The number of anilines is 1. The standard InChI is InChI=1S/C38H34F7N7O4S/c1-37(2,54)12-11-21-5-6-22(23-8-10-26(41)30-33(23)52(3)50-36(30)51-57(4,55)56)32(48-21)27(15-18-13-19(39)16-20(40)14-18)49-28(53)17-47-34-29(31(46)35(42)43)24-7-9-25(24)38(34,44)45/h5-10,13-14,16,24-25,27,29,35,46,54H,15,17H2,1-4H3,(H,49,53)(H,50,51). The van der Waals surface area contributed by atoms with Gasteiger partial charge in [0.1, 0.15) is 35.3 Å². The number of carbonyl (C=O) groups excluding carboxylic acids is 1. The highest BCUT2D eigenvalue weighted by atomic mass is 32.2. The maximum Gasteiger partial charge on any atom is 0.292 e. The first-order valence-electron chi connectivity index (χ1n) is 17.2. The van der Waals surface area contributed by atoms with E-state index in [4.69, 9.17) is 5.41 Å². The molecule has 4 unspecified atom stereocenters. The Labute approximate surface area is 321 Å². The number of hydrogen-bond donors (Lipinski definition) is 4. The lowest BCUT2D eigenvalue weighted by Crippen LogP contribution is -2.37. The third-order valence-electron chi connectivity index (χ3n) is 9.32. The molecule has 1 fully saturated rings. The van der Waals surface area contributed by atoms with Gasteiger partial charge in [-0.1, -0.05) is 18.1 Å². The van der Waals surface area contributed by atoms with E-state index in [1.807, 2.05) is 0 Å². The van der Waals surface area contributed by atoms with Crippen LogP contribution in [0.15, 0.2) is 59.6 Å². The van der Waals surface area contributed by atoms with Gasteiger partial charge in [0.15, 0.2) is 5.82 Å². The van der Waals surface area contributed by atoms with Gasteiger partial charge < -0.3 is 15.8 Å². The van der Waals surface area contributed by atoms with Crippen LogP contribution in [-0.4, -0.2) is 76.4 Å². The first-order chi connectivity index (χ1) is 26.5. The van der Waals surface area contributed by atoms with Crippen LogP contribution in [0, 0.1) is 52.5 Å². The third-order valence-corrected chi connectivity index (χ3v) is 9.88. The molecule has 2 aromatic carbocycles. The summed E-state index contributed by atoms with van der Waals surface area (Å²) in [6.07, 6.45) is -0.509. The zero-order chi connectivity index (χ0) is 41.8. The Hall–Kier alpha value is -5.61. The number of rotatable bonds is 11. The van der Waals surface area contributed by atoms with Gasteiger partial charge in [-0.2, -0.15) is 13.9 Å². The first-order valence-corrected chi connectivity index (χ1v) is 19.0. The summed E-state index contributed by atoms with van der Waals surface area (Å²) in [5.74, 6) is -7.02. The van der Waals surface area contributed by atoms with E-state index in [2.05, 4.69) is 37.0 Å². The van der Waals surface area contributed by atoms with E-state index in [-0.39, 0.29) is 44.8 Å². The van der Waals surface area contributed by atoms with Gasteiger partial charge in [0, 0.05) is 30.2 Å². The fourth-order valence-electron chi connectivity index (χ4n) is 6.96. The van der Waals surface area contributed by atoms with Gasteiger partial charge in [-0.05, 0) is 68.2 Å². The highest BCUT2D eigenvalue weighted by Crippen LogP contribution is 2.53. The molecule has 0 saturated heterocycles. The van der Waals surface area contributed by atoms with Crippen LogP contribution in [-0.2, 0) is 28.3 Å². The maximum atomic E-state index is 15.4. The number of benzene rings is 2. The summed E-state index contributed by atoms with van der Waals surface area (Å²) in [7, 11) is -2.54. The number of sulfonamides is 1. The maximum absolute atomic E-state index is 15.4. The molecule has 300 valence electrons. The smallest absolute Gasteiger partial charge is 0.292 e. The van der Waals surface area contributed by atoms with Crippen molar-refractivity contribution >= 4 is 44.1 Å². The molecule has 2 aliphatic rings. The number of aryl methyl sites for hydroxylation is 1. The quantitative estimate of drug-likeness (QED) is 0.0654. The molecular formula is C38H34F7N7O4S. The van der Waals surface area contributed by atoms with Crippen LogP contribution < -0.4 is 10.0 Å². The van der Waals surface area contributed by atoms with Crippen molar-refractivity contribution in [3.8, 4) is 23.0 Å². The number of halogens is 7. The number of hydrogen-bond acceptors (Lipinski definition) is 8. The minimum atomic E-state index is -3.94. The lowest BCUT2D eigenvalue weighted by Gasteiger charge is -2.27. The molecule has 19 heteroatoms. The Morgan fingerprint density at radius 3 is 2.35 bits per heavy atom. The van der Waals surface area contributed by atoms with Gasteiger partial charge in [-0.3, -0.25) is 19.2 Å². The second-order valence-electron chi connectivity index (χ2n) is 14.3. The molecule has 0 radical (unpaired) electrons. The molecular weight excluding hydrogens is 784 g/mol. The summed E-state index contributed by atoms with van der Waals surface area (Å²) in [6, 6.07) is 6.41. The summed E-state index contributed by atoms with van der Waals surface area (Å²) in [5.41, 5.74) is -3.51. The number of nitrogens with zero attached hydrogens (tertiary/aromatic N) is 4. The van der Waals surface area contributed by atoms with Crippen molar-refractivity contribution in [3.05, 3.63) is 89.0 Å². The topological polar surface area (TPSA) is 162 Å². The number of fused-ring (bicyclic) bond motifs is 2. The molecule has 2 aliphatic carbocycles. The summed E-state index contributed by atoms with van der Waals surface area (Å²) in [5, 5.41) is 24.6. The average Bonchev–Trinajstić information content (AvgIpc) is 3.46. The Bertz CT molecular complexity index is 2520. The molecule has 0 bridgehead atoms. The van der Waals surface area contributed by atoms with Crippen LogP contribution in [0.5, 0.6) is 0 Å². The predicted octanol–water partition coefficient (Wildman–Crippen LogP) is 5.74. The minimum absolute atomic E-state index is 0.00955. The van der Waals surface area contributed by atoms with E-state index >= 15 is 13.2 Å². The van der Waals surface area contributed by atoms with E-state index in [0.717, 1.165) is 30.5 Å². The van der Waals surface area contributed by atoms with Crippen molar-refractivity contribution < 1.29 is 49.1 Å². The molecule has 0 aliphatic heterocycles. The highest BCUT2D eigenvalue weighted by molar-refractivity contribution is 7.92. The summed E-state index contributed by atoms with van der Waals surface area (Å²) in [6.45, 7) is 1.77. The molecule has 1 amide bonds. The zero-order valence-corrected chi connectivity index (χ0v) is 31.3. The lowest BCUT2D eigenvalue weighted by molar-refractivity contribution is -0.120. The Morgan fingerprint density at radius 1 is 1.09 bits per heavy atom. The number of carbonyl (C=O) groups is 1. The van der Waals surface area contributed by atoms with Crippen LogP contribution in [0.1, 0.15) is 36.8 Å². The van der Waals surface area contributed by atoms with E-state index < -0.39 is 99.5 Å². The van der Waals surface area contributed by atoms with Crippen LogP contribution in [0.25, 0.3) is 22.0 Å². The van der Waals surface area contributed by atoms with Gasteiger partial charge in [-0.15, -0.1) is 0 Å². The van der Waals surface area contributed by atoms with Crippen LogP contribution in [0.4, 0.5) is 36.6 Å². The minimum Gasteiger partial charge on any atom is -0.378 e. The number of allylic oxidation sites excluding steroid dienone is 2. The molecule has 1 saturated carbocycles. The molecule has 4 N–H and O–H groups in total. The van der Waals surface area contributed by atoms with Crippen LogP contribution >= 0.6 is 0 Å². The van der Waals surface area contributed by atoms with Gasteiger partial charge in [0.2, 0.25) is 15.9 Å². The molecule has 11 nitrogen and oxygen atoms in total. The van der Waals surface area contributed by atoms with E-state index in [1.54, 1.807) is 0 Å². The Kier molecular flexibility index (Phi) is 10.8. The average molecular weight is 818 g/mol. The Balaban J connectivity index is 1.50. The van der Waals surface area contributed by atoms with E-state index in [0.29, 0.717) is 6.07 Å². The summed E-state index contributed by atoms with van der Waals surface area (Å²) < 4.78 is 130. The molecule has 4 atom stereocenters. The Morgan fingerprint density at radius 2 is 1.75 bits per heavy atom. The third kappa shape index (κ3) is 8.56. The fraction of sp³-hybridized carbons (Fsp3) is 0.342. The van der Waals surface area contributed by atoms with Crippen molar-refractivity contribution in [2.75, 3.05) is 17.5 Å². The SMILES string of the molecule is Cn1nc(NS(C)(=O)=O)c2c(F)ccc(-c3ccc(C#CC(C)(C)O)nc3C(Cc3cc(F)cc(F)c3)NC(=O)CN=C3C(C(=N)C(F)F)C4C=CC4C3(F)F)c21. The number of aliphatic hydroxyl groups is 1. The molecule has 0 spiro atoms. The normalized spacial score (nSPS) is 19.9. The largest absolute Gasteiger partial charge is 0.378 e. The number of aliphatic imine (C=N–C) groups is 1. The first kappa shape index (κ1) is 41.0. The molecule has 6 rings (SSSR count). The number of nitrogens with one attached hydrogen (secondary N) is 3. The van der Waals surface area contributed by atoms with Gasteiger partial charge in [0.05, 0.1) is 52.2 Å². The summed E-state index contributed by atoms with van der Waals surface area (Å²) in [4.78, 5) is 22.1. The van der Waals surface area contributed by atoms with Crippen molar-refractivity contribution in [1.29, 1.82) is 5.41 Å². The van der Waals surface area contributed by atoms with Crippen molar-refractivity contribution in [3.63, 3.8) is 0 Å². The van der Waals surface area contributed by atoms with Crippen LogP contribution in [0.2, 0.25) is 0 Å². The molecule has 2 heterocycles. The number of pyridine rings is 1. The van der Waals surface area contributed by atoms with Crippen LogP contribution in [0.3, 0.4) is 0 Å². The van der Waals surface area contributed by atoms with E-state index in [9.17, 15) is 35.9 Å². The van der Waals surface area contributed by atoms with Crippen molar-refractivity contribution in [1.82, 2.24) is 20.1 Å². The molecule has 2 aromatic heterocycles. The van der Waals surface area contributed by atoms with Gasteiger partial charge >= 0.3 is 0 Å². The molecule has 57 heavy (non-hydrogen) atoms. The van der Waals surface area contributed by atoms with Gasteiger partial charge in [0.25, 0.3) is 12.3 Å². The zero-order valence-electron chi connectivity index (χ0n) is 30.5. The van der Waals surface area contributed by atoms with Gasteiger partial charge in [-0.25, -0.2) is 35.4 Å². The van der Waals surface area contributed by atoms with E-state index in [1.165, 1.54) is 49.9 Å². The van der Waals surface area contributed by atoms with Crippen molar-refractivity contribution in [2.45, 2.75) is 44.3 Å². The summed E-state index contributed by atoms with van der Waals surface area (Å²) >= 11 is 0. The number of aromatic nitrogens is 3. The second-order valence-corrected chi connectivity index (χ2v) is 16.0. The molecule has 4 aromatic rings. The lowest BCUT2D eigenvalue weighted by atomic mass is 9.78. The monoisotopic (exact) mass is 817 g/mol. The highest BCUT2D eigenvalue weighted by Gasteiger charge is 2.63. The fourth-order valence-corrected chi connectivity index (χ4v) is 7.45. The van der Waals surface area contributed by atoms with Crippen molar-refractivity contribution in [2.24, 2.45) is 29.8 Å². The number of alkyl halides is 4. The predicted molar refractivity (Wildman–Crippen MR) is 197 cm³/mol. The second kappa shape index (κ2) is 15.0. The number of amides is 1.